The van der Waals surface area contributed by atoms with Crippen LogP contribution in [0.3, 0.4) is 0 Å². The molecule has 2 N–H and O–H groups in total. The first-order valence-corrected chi connectivity index (χ1v) is 9.02. The molecule has 0 radical (unpaired) electrons. The molecule has 0 atom stereocenters. The van der Waals surface area contributed by atoms with Crippen LogP contribution in [-0.2, 0) is 10.0 Å². The standard InChI is InChI=1S/C14H21N3O2S2/c1-17(11-7-4-2-3-5-8-11)21(18,19)12-9-6-10-16-13(12)14(15)20/h6,9-11H,2-5,7-8H2,1H3,(H2,15,20). The topological polar surface area (TPSA) is 76.3 Å². The van der Waals surface area contributed by atoms with Crippen molar-refractivity contribution in [3.05, 3.63) is 24.0 Å². The molecule has 1 saturated carbocycles. The van der Waals surface area contributed by atoms with Gasteiger partial charge in [0.05, 0.1) is 0 Å². The van der Waals surface area contributed by atoms with E-state index in [0.29, 0.717) is 0 Å². The number of hydrogen-bond acceptors (Lipinski definition) is 4. The molecular formula is C14H21N3O2S2. The van der Waals surface area contributed by atoms with Crippen molar-refractivity contribution >= 4 is 27.2 Å². The monoisotopic (exact) mass is 327 g/mol. The molecule has 1 fully saturated rings. The van der Waals surface area contributed by atoms with Gasteiger partial charge in [-0.3, -0.25) is 4.98 Å². The summed E-state index contributed by atoms with van der Waals surface area (Å²) in [5.41, 5.74) is 5.77. The number of hydrogen-bond donors (Lipinski definition) is 1. The quantitative estimate of drug-likeness (QED) is 0.676. The van der Waals surface area contributed by atoms with Gasteiger partial charge >= 0.3 is 0 Å². The Morgan fingerprint density at radius 1 is 1.33 bits per heavy atom. The molecule has 7 heteroatoms. The zero-order chi connectivity index (χ0) is 15.5. The molecule has 0 aromatic carbocycles. The fourth-order valence-corrected chi connectivity index (χ4v) is 4.55. The van der Waals surface area contributed by atoms with E-state index in [2.05, 4.69) is 4.98 Å². The molecule has 1 aliphatic carbocycles. The zero-order valence-corrected chi connectivity index (χ0v) is 13.8. The summed E-state index contributed by atoms with van der Waals surface area (Å²) in [5, 5.41) is 0. The van der Waals surface area contributed by atoms with Crippen molar-refractivity contribution in [3.8, 4) is 0 Å². The molecule has 5 nitrogen and oxygen atoms in total. The van der Waals surface area contributed by atoms with Gasteiger partial charge in [-0.1, -0.05) is 37.9 Å². The van der Waals surface area contributed by atoms with Crippen LogP contribution in [0.25, 0.3) is 0 Å². The third-order valence-corrected chi connectivity index (χ3v) is 6.14. The predicted molar refractivity (Wildman–Crippen MR) is 86.6 cm³/mol. The molecule has 0 saturated heterocycles. The van der Waals surface area contributed by atoms with Gasteiger partial charge in [-0.2, -0.15) is 4.31 Å². The second-order valence-corrected chi connectivity index (χ2v) is 7.79. The number of rotatable bonds is 4. The maximum atomic E-state index is 12.8. The van der Waals surface area contributed by atoms with Crippen LogP contribution < -0.4 is 5.73 Å². The Morgan fingerprint density at radius 2 is 1.95 bits per heavy atom. The SMILES string of the molecule is CN(C1CCCCCC1)S(=O)(=O)c1cccnc1C(N)=S. The molecule has 1 aromatic rings. The van der Waals surface area contributed by atoms with Crippen molar-refractivity contribution in [1.82, 2.24) is 9.29 Å². The minimum atomic E-state index is -3.63. The van der Waals surface area contributed by atoms with Gasteiger partial charge in [-0.15, -0.1) is 0 Å². The summed E-state index contributed by atoms with van der Waals surface area (Å²) in [7, 11) is -1.99. The van der Waals surface area contributed by atoms with Crippen LogP contribution in [-0.4, -0.2) is 35.8 Å². The Balaban J connectivity index is 2.35. The van der Waals surface area contributed by atoms with Crippen molar-refractivity contribution in [3.63, 3.8) is 0 Å². The first-order valence-electron chi connectivity index (χ1n) is 7.17. The summed E-state index contributed by atoms with van der Waals surface area (Å²) in [4.78, 5) is 4.12. The van der Waals surface area contributed by atoms with Gasteiger partial charge in [0, 0.05) is 19.3 Å². The van der Waals surface area contributed by atoms with Gasteiger partial charge in [-0.05, 0) is 25.0 Å². The van der Waals surface area contributed by atoms with Crippen molar-refractivity contribution < 1.29 is 8.42 Å². The number of pyridine rings is 1. The van der Waals surface area contributed by atoms with Gasteiger partial charge in [0.25, 0.3) is 0 Å². The third kappa shape index (κ3) is 3.59. The van der Waals surface area contributed by atoms with Gasteiger partial charge in [0.15, 0.2) is 0 Å². The van der Waals surface area contributed by atoms with Crippen LogP contribution in [0, 0.1) is 0 Å². The molecule has 0 unspecified atom stereocenters. The lowest BCUT2D eigenvalue weighted by Crippen LogP contribution is -2.37. The number of nitrogens with two attached hydrogens (primary N) is 1. The van der Waals surface area contributed by atoms with E-state index in [0.717, 1.165) is 25.7 Å². The van der Waals surface area contributed by atoms with Gasteiger partial charge in [0.1, 0.15) is 15.6 Å². The van der Waals surface area contributed by atoms with Gasteiger partial charge in [-0.25, -0.2) is 8.42 Å². The normalized spacial score (nSPS) is 17.6. The second kappa shape index (κ2) is 6.81. The molecule has 0 spiro atoms. The average molecular weight is 327 g/mol. The highest BCUT2D eigenvalue weighted by Crippen LogP contribution is 2.26. The Kier molecular flexibility index (Phi) is 5.29. The Hall–Kier alpha value is -1.05. The fourth-order valence-electron chi connectivity index (χ4n) is 2.76. The molecule has 1 heterocycles. The first kappa shape index (κ1) is 16.3. The van der Waals surface area contributed by atoms with Crippen LogP contribution in [0.2, 0.25) is 0 Å². The minimum Gasteiger partial charge on any atom is -0.388 e. The summed E-state index contributed by atoms with van der Waals surface area (Å²) in [6.07, 6.45) is 7.79. The number of aromatic nitrogens is 1. The van der Waals surface area contributed by atoms with Crippen molar-refractivity contribution in [2.75, 3.05) is 7.05 Å². The summed E-state index contributed by atoms with van der Waals surface area (Å²) in [6, 6.07) is 3.15. The average Bonchev–Trinajstić information content (AvgIpc) is 2.75. The highest BCUT2D eigenvalue weighted by atomic mass is 32.2. The highest BCUT2D eigenvalue weighted by molar-refractivity contribution is 7.89. The lowest BCUT2D eigenvalue weighted by molar-refractivity contribution is 0.335. The first-order chi connectivity index (χ1) is 9.94. The Morgan fingerprint density at radius 3 is 2.52 bits per heavy atom. The fraction of sp³-hybridized carbons (Fsp3) is 0.571. The number of sulfonamides is 1. The van der Waals surface area contributed by atoms with E-state index in [1.807, 2.05) is 0 Å². The lowest BCUT2D eigenvalue weighted by atomic mass is 10.1. The van der Waals surface area contributed by atoms with Crippen molar-refractivity contribution in [1.29, 1.82) is 0 Å². The van der Waals surface area contributed by atoms with E-state index in [9.17, 15) is 8.42 Å². The zero-order valence-electron chi connectivity index (χ0n) is 12.2. The molecule has 116 valence electrons. The van der Waals surface area contributed by atoms with Crippen LogP contribution >= 0.6 is 12.2 Å². The number of thiocarbonyl (C=S) groups is 1. The Bertz CT molecular complexity index is 608. The molecule has 1 aromatic heterocycles. The van der Waals surface area contributed by atoms with Gasteiger partial charge in [0.2, 0.25) is 10.0 Å². The largest absolute Gasteiger partial charge is 0.388 e. The second-order valence-electron chi connectivity index (χ2n) is 5.38. The van der Waals surface area contributed by atoms with E-state index < -0.39 is 10.0 Å². The van der Waals surface area contributed by atoms with Crippen molar-refractivity contribution in [2.24, 2.45) is 5.73 Å². The van der Waals surface area contributed by atoms with E-state index in [1.165, 1.54) is 29.4 Å². The summed E-state index contributed by atoms with van der Waals surface area (Å²) in [5.74, 6) is 0. The van der Waals surface area contributed by atoms with Crippen LogP contribution in [0.5, 0.6) is 0 Å². The maximum absolute atomic E-state index is 12.8. The molecule has 21 heavy (non-hydrogen) atoms. The maximum Gasteiger partial charge on any atom is 0.245 e. The summed E-state index contributed by atoms with van der Waals surface area (Å²) >= 11 is 4.92. The number of nitrogens with zero attached hydrogens (tertiary/aromatic N) is 2. The summed E-state index contributed by atoms with van der Waals surface area (Å²) < 4.78 is 27.1. The smallest absolute Gasteiger partial charge is 0.245 e. The molecule has 2 rings (SSSR count). The van der Waals surface area contributed by atoms with Crippen LogP contribution in [0.4, 0.5) is 0 Å². The highest BCUT2D eigenvalue weighted by Gasteiger charge is 2.31. The predicted octanol–water partition coefficient (Wildman–Crippen LogP) is 2.06. The third-order valence-electron chi connectivity index (χ3n) is 4.00. The van der Waals surface area contributed by atoms with Gasteiger partial charge < -0.3 is 5.73 Å². The minimum absolute atomic E-state index is 0.00319. The van der Waals surface area contributed by atoms with E-state index >= 15 is 0 Å². The molecule has 0 amide bonds. The molecule has 1 aliphatic rings. The van der Waals surface area contributed by atoms with Crippen molar-refractivity contribution in [2.45, 2.75) is 49.5 Å². The van der Waals surface area contributed by atoms with Crippen LogP contribution in [0.1, 0.15) is 44.2 Å². The molecule has 0 aliphatic heterocycles. The molecule has 0 bridgehead atoms. The van der Waals surface area contributed by atoms with E-state index in [4.69, 9.17) is 18.0 Å². The van der Waals surface area contributed by atoms with Crippen LogP contribution in [0.15, 0.2) is 23.2 Å². The van der Waals surface area contributed by atoms with E-state index in [-0.39, 0.29) is 21.6 Å². The lowest BCUT2D eigenvalue weighted by Gasteiger charge is -2.27. The molecular weight excluding hydrogens is 306 g/mol. The summed E-state index contributed by atoms with van der Waals surface area (Å²) in [6.45, 7) is 0. The van der Waals surface area contributed by atoms with E-state index in [1.54, 1.807) is 13.1 Å². The Labute approximate surface area is 131 Å².